The molecule has 0 spiro atoms. The third-order valence-corrected chi connectivity index (χ3v) is 5.49. The molecule has 29 heavy (non-hydrogen) atoms. The van der Waals surface area contributed by atoms with E-state index >= 15 is 0 Å². The topological polar surface area (TPSA) is 64.7 Å². The van der Waals surface area contributed by atoms with Crippen LogP contribution >= 0.6 is 28.1 Å². The highest BCUT2D eigenvalue weighted by molar-refractivity contribution is 9.10. The molecule has 2 amide bonds. The van der Waals surface area contributed by atoms with E-state index in [4.69, 9.17) is 12.2 Å². The molecule has 0 aliphatic carbocycles. The molecule has 0 saturated carbocycles. The van der Waals surface area contributed by atoms with Gasteiger partial charge in [0.2, 0.25) is 5.91 Å². The Morgan fingerprint density at radius 1 is 1.00 bits per heavy atom. The molecule has 1 fully saturated rings. The van der Waals surface area contributed by atoms with Crippen molar-refractivity contribution in [3.05, 3.63) is 58.6 Å². The summed E-state index contributed by atoms with van der Waals surface area (Å²) in [5.74, 6) is -0.0472. The highest BCUT2D eigenvalue weighted by Gasteiger charge is 2.20. The van der Waals surface area contributed by atoms with Gasteiger partial charge in [-0.15, -0.1) is 0 Å². The predicted octanol–water partition coefficient (Wildman–Crippen LogP) is 3.63. The highest BCUT2D eigenvalue weighted by atomic mass is 79.9. The Kier molecular flexibility index (Phi) is 7.22. The van der Waals surface area contributed by atoms with Gasteiger partial charge in [-0.3, -0.25) is 14.9 Å². The van der Waals surface area contributed by atoms with Crippen molar-refractivity contribution in [2.45, 2.75) is 13.3 Å². The molecule has 0 radical (unpaired) electrons. The lowest BCUT2D eigenvalue weighted by Gasteiger charge is -2.36. The number of carbonyl (C=O) groups is 2. The minimum atomic E-state index is -0.258. The predicted molar refractivity (Wildman–Crippen MR) is 123 cm³/mol. The van der Waals surface area contributed by atoms with Crippen molar-refractivity contribution in [3.63, 3.8) is 0 Å². The molecule has 8 heteroatoms. The van der Waals surface area contributed by atoms with Gasteiger partial charge >= 0.3 is 0 Å². The zero-order chi connectivity index (χ0) is 20.8. The normalized spacial score (nSPS) is 13.7. The largest absolute Gasteiger partial charge is 0.368 e. The lowest BCUT2D eigenvalue weighted by molar-refractivity contribution is -0.131. The lowest BCUT2D eigenvalue weighted by atomic mass is 10.2. The van der Waals surface area contributed by atoms with Crippen molar-refractivity contribution in [1.29, 1.82) is 0 Å². The monoisotopic (exact) mass is 474 g/mol. The fourth-order valence-corrected chi connectivity index (χ4v) is 3.61. The summed E-state index contributed by atoms with van der Waals surface area (Å²) >= 11 is 8.59. The fraction of sp³-hybridized carbons (Fsp3) is 0.286. The smallest absolute Gasteiger partial charge is 0.257 e. The second-order valence-electron chi connectivity index (χ2n) is 6.68. The van der Waals surface area contributed by atoms with E-state index in [-0.39, 0.29) is 16.9 Å². The maximum Gasteiger partial charge on any atom is 0.257 e. The lowest BCUT2D eigenvalue weighted by Crippen LogP contribution is -2.48. The van der Waals surface area contributed by atoms with Gasteiger partial charge in [-0.1, -0.05) is 22.9 Å². The summed E-state index contributed by atoms with van der Waals surface area (Å²) in [6, 6.07) is 14.9. The molecule has 2 N–H and O–H groups in total. The summed E-state index contributed by atoms with van der Waals surface area (Å²) in [6.07, 6.45) is 0.554. The van der Waals surface area contributed by atoms with Crippen molar-refractivity contribution in [3.8, 4) is 0 Å². The molecule has 1 aliphatic rings. The van der Waals surface area contributed by atoms with Crippen LogP contribution in [0, 0.1) is 0 Å². The summed E-state index contributed by atoms with van der Waals surface area (Å²) in [4.78, 5) is 28.2. The Morgan fingerprint density at radius 2 is 1.62 bits per heavy atom. The van der Waals surface area contributed by atoms with Gasteiger partial charge in [-0.05, 0) is 60.7 Å². The third-order valence-electron chi connectivity index (χ3n) is 4.76. The number of thiocarbonyl (C=S) groups is 1. The number of nitrogens with zero attached hydrogens (tertiary/aromatic N) is 2. The number of carbonyl (C=O) groups excluding carboxylic acids is 2. The van der Waals surface area contributed by atoms with Crippen LogP contribution in [0.25, 0.3) is 0 Å². The molecule has 1 aliphatic heterocycles. The summed E-state index contributed by atoms with van der Waals surface area (Å²) in [5, 5.41) is 5.96. The highest BCUT2D eigenvalue weighted by Crippen LogP contribution is 2.20. The van der Waals surface area contributed by atoms with Gasteiger partial charge in [0.15, 0.2) is 5.11 Å². The van der Waals surface area contributed by atoms with E-state index in [1.165, 1.54) is 0 Å². The van der Waals surface area contributed by atoms with Crippen LogP contribution in [0.3, 0.4) is 0 Å². The number of nitrogens with one attached hydrogen (secondary N) is 2. The van der Waals surface area contributed by atoms with E-state index in [0.29, 0.717) is 12.0 Å². The number of halogens is 1. The Morgan fingerprint density at radius 3 is 2.21 bits per heavy atom. The van der Waals surface area contributed by atoms with E-state index in [1.54, 1.807) is 12.1 Å². The van der Waals surface area contributed by atoms with Crippen molar-refractivity contribution in [2.75, 3.05) is 36.4 Å². The molecule has 2 aromatic carbocycles. The molecule has 2 aromatic rings. The summed E-state index contributed by atoms with van der Waals surface area (Å²) in [6.45, 7) is 5.03. The van der Waals surface area contributed by atoms with Crippen LogP contribution in [-0.4, -0.2) is 48.0 Å². The quantitative estimate of drug-likeness (QED) is 0.662. The standard InChI is InChI=1S/C21H23BrN4O2S/c1-2-19(27)26-13-11-25(12-14-26)18-9-7-17(8-10-18)23-21(29)24-20(28)15-3-5-16(22)6-4-15/h3-10H,2,11-14H2,1H3,(H2,23,24,28,29). The van der Waals surface area contributed by atoms with Crippen LogP contribution < -0.4 is 15.5 Å². The van der Waals surface area contributed by atoms with Gasteiger partial charge in [0.1, 0.15) is 0 Å². The van der Waals surface area contributed by atoms with Crippen LogP contribution in [0.15, 0.2) is 53.0 Å². The van der Waals surface area contributed by atoms with E-state index < -0.39 is 0 Å². The molecule has 152 valence electrons. The maximum atomic E-state index is 12.2. The first-order valence-electron chi connectivity index (χ1n) is 9.47. The van der Waals surface area contributed by atoms with Crippen LogP contribution in [0.1, 0.15) is 23.7 Å². The van der Waals surface area contributed by atoms with E-state index in [9.17, 15) is 9.59 Å². The Hall–Kier alpha value is -2.45. The molecular weight excluding hydrogens is 452 g/mol. The molecule has 0 bridgehead atoms. The van der Waals surface area contributed by atoms with Crippen molar-refractivity contribution in [1.82, 2.24) is 10.2 Å². The van der Waals surface area contributed by atoms with Crippen molar-refractivity contribution in [2.24, 2.45) is 0 Å². The van der Waals surface area contributed by atoms with Gasteiger partial charge < -0.3 is 15.1 Å². The fourth-order valence-electron chi connectivity index (χ4n) is 3.13. The van der Waals surface area contributed by atoms with Crippen molar-refractivity contribution < 1.29 is 9.59 Å². The van der Waals surface area contributed by atoms with E-state index in [2.05, 4.69) is 31.5 Å². The first-order chi connectivity index (χ1) is 14.0. The molecule has 3 rings (SSSR count). The molecule has 6 nitrogen and oxygen atoms in total. The number of anilines is 2. The van der Waals surface area contributed by atoms with Gasteiger partial charge in [-0.2, -0.15) is 0 Å². The maximum absolute atomic E-state index is 12.2. The van der Waals surface area contributed by atoms with Crippen LogP contribution in [-0.2, 0) is 4.79 Å². The summed E-state index contributed by atoms with van der Waals surface area (Å²) < 4.78 is 0.910. The molecule has 1 saturated heterocycles. The van der Waals surface area contributed by atoms with Crippen molar-refractivity contribution >= 4 is 56.4 Å². The number of hydrogen-bond acceptors (Lipinski definition) is 4. The second-order valence-corrected chi connectivity index (χ2v) is 8.01. The first kappa shape index (κ1) is 21.3. The number of rotatable bonds is 4. The molecule has 0 aromatic heterocycles. The minimum Gasteiger partial charge on any atom is -0.368 e. The molecule has 0 atom stereocenters. The second kappa shape index (κ2) is 9.84. The van der Waals surface area contributed by atoms with Gasteiger partial charge in [0.05, 0.1) is 0 Å². The Balaban J connectivity index is 1.51. The van der Waals surface area contributed by atoms with Gasteiger partial charge in [0.25, 0.3) is 5.91 Å². The molecular formula is C21H23BrN4O2S. The van der Waals surface area contributed by atoms with Crippen LogP contribution in [0.2, 0.25) is 0 Å². The number of amides is 2. The number of piperazine rings is 1. The van der Waals surface area contributed by atoms with Gasteiger partial charge in [0, 0.05) is 54.0 Å². The zero-order valence-corrected chi connectivity index (χ0v) is 18.6. The van der Waals surface area contributed by atoms with E-state index in [0.717, 1.165) is 42.0 Å². The number of hydrogen-bond donors (Lipinski definition) is 2. The van der Waals surface area contributed by atoms with Crippen LogP contribution in [0.5, 0.6) is 0 Å². The summed E-state index contributed by atoms with van der Waals surface area (Å²) in [7, 11) is 0. The average Bonchev–Trinajstić information content (AvgIpc) is 2.74. The summed E-state index contributed by atoms with van der Waals surface area (Å²) in [5.41, 5.74) is 2.44. The zero-order valence-electron chi connectivity index (χ0n) is 16.2. The van der Waals surface area contributed by atoms with Gasteiger partial charge in [-0.25, -0.2) is 0 Å². The molecule has 0 unspecified atom stereocenters. The Labute approximate surface area is 184 Å². The molecule has 1 heterocycles. The average molecular weight is 475 g/mol. The minimum absolute atomic E-state index is 0.211. The Bertz CT molecular complexity index is 879. The SMILES string of the molecule is CCC(=O)N1CCN(c2ccc(NC(=S)NC(=O)c3ccc(Br)cc3)cc2)CC1. The van der Waals surface area contributed by atoms with E-state index in [1.807, 2.05) is 48.2 Å². The number of benzene rings is 2. The first-order valence-corrected chi connectivity index (χ1v) is 10.7. The van der Waals surface area contributed by atoms with Crippen LogP contribution in [0.4, 0.5) is 11.4 Å². The third kappa shape index (κ3) is 5.77.